The molecule has 1 aliphatic carbocycles. The van der Waals surface area contributed by atoms with Crippen LogP contribution in [0.2, 0.25) is 0 Å². The SMILES string of the molecule is CC(C)N(CC1CC1)S(=O)(=O)c1cccc(Br)c1. The summed E-state index contributed by atoms with van der Waals surface area (Å²) in [4.78, 5) is 0.367. The Morgan fingerprint density at radius 1 is 1.39 bits per heavy atom. The Morgan fingerprint density at radius 3 is 2.56 bits per heavy atom. The van der Waals surface area contributed by atoms with Crippen LogP contribution in [-0.4, -0.2) is 25.3 Å². The second-order valence-electron chi connectivity index (χ2n) is 5.07. The van der Waals surface area contributed by atoms with E-state index in [1.165, 1.54) is 0 Å². The van der Waals surface area contributed by atoms with E-state index in [4.69, 9.17) is 0 Å². The summed E-state index contributed by atoms with van der Waals surface area (Å²) in [7, 11) is -3.37. The van der Waals surface area contributed by atoms with Crippen molar-refractivity contribution in [2.75, 3.05) is 6.54 Å². The lowest BCUT2D eigenvalue weighted by molar-refractivity contribution is 0.341. The van der Waals surface area contributed by atoms with Gasteiger partial charge in [-0.1, -0.05) is 22.0 Å². The molecule has 0 atom stereocenters. The van der Waals surface area contributed by atoms with E-state index in [0.717, 1.165) is 17.3 Å². The normalized spacial score (nSPS) is 16.5. The number of rotatable bonds is 5. The number of nitrogens with zero attached hydrogens (tertiary/aromatic N) is 1. The predicted octanol–water partition coefficient (Wildman–Crippen LogP) is 3.26. The minimum Gasteiger partial charge on any atom is -0.207 e. The molecule has 0 aromatic heterocycles. The van der Waals surface area contributed by atoms with Gasteiger partial charge in [-0.05, 0) is 50.8 Å². The molecule has 5 heteroatoms. The fourth-order valence-corrected chi connectivity index (χ4v) is 4.21. The highest BCUT2D eigenvalue weighted by molar-refractivity contribution is 9.10. The van der Waals surface area contributed by atoms with E-state index in [1.807, 2.05) is 19.9 Å². The third kappa shape index (κ3) is 3.13. The van der Waals surface area contributed by atoms with Crippen molar-refractivity contribution >= 4 is 26.0 Å². The highest BCUT2D eigenvalue weighted by atomic mass is 79.9. The average molecular weight is 332 g/mol. The van der Waals surface area contributed by atoms with Gasteiger partial charge in [0.05, 0.1) is 4.90 Å². The lowest BCUT2D eigenvalue weighted by Crippen LogP contribution is -2.38. The van der Waals surface area contributed by atoms with Gasteiger partial charge in [-0.3, -0.25) is 0 Å². The van der Waals surface area contributed by atoms with Gasteiger partial charge in [0.2, 0.25) is 10.0 Å². The second-order valence-corrected chi connectivity index (χ2v) is 7.88. The lowest BCUT2D eigenvalue weighted by atomic mass is 10.3. The molecule has 0 unspecified atom stereocenters. The molecular formula is C13H18BrNO2S. The molecule has 0 spiro atoms. The van der Waals surface area contributed by atoms with Crippen LogP contribution >= 0.6 is 15.9 Å². The molecule has 0 amide bonds. The Labute approximate surface area is 117 Å². The molecule has 0 aliphatic heterocycles. The summed E-state index contributed by atoms with van der Waals surface area (Å²) in [6.07, 6.45) is 2.30. The maximum atomic E-state index is 12.6. The zero-order chi connectivity index (χ0) is 13.3. The molecule has 3 nitrogen and oxygen atoms in total. The van der Waals surface area contributed by atoms with Crippen molar-refractivity contribution in [2.45, 2.75) is 37.6 Å². The number of hydrogen-bond donors (Lipinski definition) is 0. The first kappa shape index (κ1) is 14.0. The summed E-state index contributed by atoms with van der Waals surface area (Å²) in [5.74, 6) is 0.550. The van der Waals surface area contributed by atoms with Crippen LogP contribution in [0.15, 0.2) is 33.6 Å². The van der Waals surface area contributed by atoms with E-state index in [0.29, 0.717) is 17.4 Å². The molecule has 0 saturated heterocycles. The number of halogens is 1. The highest BCUT2D eigenvalue weighted by Gasteiger charge is 2.33. The summed E-state index contributed by atoms with van der Waals surface area (Å²) in [6.45, 7) is 4.50. The zero-order valence-corrected chi connectivity index (χ0v) is 13.0. The summed E-state index contributed by atoms with van der Waals surface area (Å²) >= 11 is 3.32. The van der Waals surface area contributed by atoms with Gasteiger partial charge < -0.3 is 0 Å². The van der Waals surface area contributed by atoms with Crippen LogP contribution in [0.5, 0.6) is 0 Å². The van der Waals surface area contributed by atoms with E-state index in [9.17, 15) is 8.42 Å². The predicted molar refractivity (Wildman–Crippen MR) is 75.9 cm³/mol. The van der Waals surface area contributed by atoms with E-state index < -0.39 is 10.0 Å². The Bertz CT molecular complexity index is 524. The van der Waals surface area contributed by atoms with Gasteiger partial charge in [0.1, 0.15) is 0 Å². The van der Waals surface area contributed by atoms with Crippen LogP contribution < -0.4 is 0 Å². The third-order valence-corrected chi connectivity index (χ3v) is 5.64. The van der Waals surface area contributed by atoms with Gasteiger partial charge in [0.15, 0.2) is 0 Å². The van der Waals surface area contributed by atoms with E-state index >= 15 is 0 Å². The van der Waals surface area contributed by atoms with Gasteiger partial charge in [0.25, 0.3) is 0 Å². The molecule has 1 aromatic carbocycles. The summed E-state index contributed by atoms with van der Waals surface area (Å²) in [6, 6.07) is 6.90. The first-order valence-electron chi connectivity index (χ1n) is 6.18. The van der Waals surface area contributed by atoms with Gasteiger partial charge in [-0.2, -0.15) is 4.31 Å². The minimum atomic E-state index is -3.37. The first-order valence-corrected chi connectivity index (χ1v) is 8.42. The van der Waals surface area contributed by atoms with Crippen molar-refractivity contribution in [3.63, 3.8) is 0 Å². The molecule has 1 aromatic rings. The topological polar surface area (TPSA) is 37.4 Å². The monoisotopic (exact) mass is 331 g/mol. The summed E-state index contributed by atoms with van der Waals surface area (Å²) in [5.41, 5.74) is 0. The molecular weight excluding hydrogens is 314 g/mol. The van der Waals surface area contributed by atoms with Crippen molar-refractivity contribution in [2.24, 2.45) is 5.92 Å². The van der Waals surface area contributed by atoms with Gasteiger partial charge in [0, 0.05) is 17.1 Å². The van der Waals surface area contributed by atoms with Gasteiger partial charge in [-0.25, -0.2) is 8.42 Å². The molecule has 0 heterocycles. The van der Waals surface area contributed by atoms with Crippen molar-refractivity contribution in [3.05, 3.63) is 28.7 Å². The maximum absolute atomic E-state index is 12.6. The molecule has 0 N–H and O–H groups in total. The van der Waals surface area contributed by atoms with E-state index in [1.54, 1.807) is 22.5 Å². The number of benzene rings is 1. The van der Waals surface area contributed by atoms with E-state index in [-0.39, 0.29) is 6.04 Å². The van der Waals surface area contributed by atoms with Gasteiger partial charge in [-0.15, -0.1) is 0 Å². The Morgan fingerprint density at radius 2 is 2.06 bits per heavy atom. The lowest BCUT2D eigenvalue weighted by Gasteiger charge is -2.26. The molecule has 18 heavy (non-hydrogen) atoms. The zero-order valence-electron chi connectivity index (χ0n) is 10.6. The fourth-order valence-electron chi connectivity index (χ4n) is 1.90. The third-order valence-electron chi connectivity index (χ3n) is 3.11. The average Bonchev–Trinajstić information content (AvgIpc) is 3.09. The van der Waals surface area contributed by atoms with Crippen LogP contribution in [0.1, 0.15) is 26.7 Å². The van der Waals surface area contributed by atoms with Crippen molar-refractivity contribution in [1.82, 2.24) is 4.31 Å². The molecule has 1 aliphatic rings. The first-order chi connectivity index (χ1) is 8.41. The highest BCUT2D eigenvalue weighted by Crippen LogP contribution is 2.32. The summed E-state index contributed by atoms with van der Waals surface area (Å²) < 4.78 is 27.6. The van der Waals surface area contributed by atoms with E-state index in [2.05, 4.69) is 15.9 Å². The van der Waals surface area contributed by atoms with Crippen molar-refractivity contribution in [1.29, 1.82) is 0 Å². The number of hydrogen-bond acceptors (Lipinski definition) is 2. The van der Waals surface area contributed by atoms with Gasteiger partial charge >= 0.3 is 0 Å². The fraction of sp³-hybridized carbons (Fsp3) is 0.538. The molecule has 0 bridgehead atoms. The number of sulfonamides is 1. The largest absolute Gasteiger partial charge is 0.243 e. The molecule has 100 valence electrons. The molecule has 1 fully saturated rings. The van der Waals surface area contributed by atoms with Crippen molar-refractivity contribution < 1.29 is 8.42 Å². The molecule has 0 radical (unpaired) electrons. The van der Waals surface area contributed by atoms with Crippen LogP contribution in [0.25, 0.3) is 0 Å². The van der Waals surface area contributed by atoms with Crippen LogP contribution in [0, 0.1) is 5.92 Å². The van der Waals surface area contributed by atoms with Crippen molar-refractivity contribution in [3.8, 4) is 0 Å². The quantitative estimate of drug-likeness (QED) is 0.830. The Hall–Kier alpha value is -0.390. The molecule has 1 saturated carbocycles. The van der Waals surface area contributed by atoms with Crippen LogP contribution in [0.3, 0.4) is 0 Å². The smallest absolute Gasteiger partial charge is 0.207 e. The standard InChI is InChI=1S/C13H18BrNO2S/c1-10(2)15(9-11-6-7-11)18(16,17)13-5-3-4-12(14)8-13/h3-5,8,10-11H,6-7,9H2,1-2H3. The summed E-state index contributed by atoms with van der Waals surface area (Å²) in [5, 5.41) is 0. The Kier molecular flexibility index (Phi) is 4.14. The second kappa shape index (κ2) is 5.31. The maximum Gasteiger partial charge on any atom is 0.243 e. The Balaban J connectivity index is 2.31. The van der Waals surface area contributed by atoms with Crippen LogP contribution in [-0.2, 0) is 10.0 Å². The van der Waals surface area contributed by atoms with Crippen LogP contribution in [0.4, 0.5) is 0 Å². The molecule has 2 rings (SSSR count). The minimum absolute atomic E-state index is 0.00502.